The Bertz CT molecular complexity index is 1200. The van der Waals surface area contributed by atoms with E-state index in [4.69, 9.17) is 16.0 Å². The molecule has 0 aliphatic rings. The summed E-state index contributed by atoms with van der Waals surface area (Å²) < 4.78 is 5.35. The molecule has 24 heavy (non-hydrogen) atoms. The first-order chi connectivity index (χ1) is 11.7. The van der Waals surface area contributed by atoms with E-state index in [2.05, 4.69) is 6.07 Å². The van der Waals surface area contributed by atoms with Crippen LogP contribution in [0.5, 0.6) is 0 Å². The van der Waals surface area contributed by atoms with E-state index in [0.717, 1.165) is 16.3 Å². The summed E-state index contributed by atoms with van der Waals surface area (Å²) in [4.78, 5) is 12.3. The zero-order valence-electron chi connectivity index (χ0n) is 12.4. The summed E-state index contributed by atoms with van der Waals surface area (Å²) in [7, 11) is 0. The molecule has 0 aliphatic carbocycles. The third kappa shape index (κ3) is 2.17. The van der Waals surface area contributed by atoms with Crippen LogP contribution in [0.2, 0.25) is 5.02 Å². The van der Waals surface area contributed by atoms with Crippen molar-refractivity contribution in [3.05, 3.63) is 81.7 Å². The van der Waals surface area contributed by atoms with Gasteiger partial charge in [-0.1, -0.05) is 48.0 Å². The molecule has 0 unspecified atom stereocenters. The van der Waals surface area contributed by atoms with Gasteiger partial charge in [0.25, 0.3) is 0 Å². The minimum Gasteiger partial charge on any atom is -0.422 e. The van der Waals surface area contributed by atoms with E-state index in [0.29, 0.717) is 27.1 Å². The number of hydrogen-bond acceptors (Lipinski definition) is 3. The van der Waals surface area contributed by atoms with Gasteiger partial charge >= 0.3 is 5.63 Å². The van der Waals surface area contributed by atoms with Gasteiger partial charge < -0.3 is 4.42 Å². The molecule has 0 aliphatic heterocycles. The number of benzene rings is 3. The smallest absolute Gasteiger partial charge is 0.344 e. The fourth-order valence-corrected chi connectivity index (χ4v) is 3.16. The molecule has 4 heteroatoms. The summed E-state index contributed by atoms with van der Waals surface area (Å²) in [5.41, 5.74) is 1.91. The molecule has 1 aromatic heterocycles. The SMILES string of the molecule is N#Cc1cc2c(=O)oc3ccccc3c2cc1-c1ccccc1Cl. The van der Waals surface area contributed by atoms with Crippen molar-refractivity contribution in [2.45, 2.75) is 0 Å². The Kier molecular flexibility index (Phi) is 3.34. The molecule has 3 aromatic carbocycles. The zero-order valence-corrected chi connectivity index (χ0v) is 13.2. The number of nitriles is 1. The fourth-order valence-electron chi connectivity index (χ4n) is 2.92. The quantitative estimate of drug-likeness (QED) is 0.358. The Hall–Kier alpha value is -3.09. The van der Waals surface area contributed by atoms with Crippen LogP contribution in [0.4, 0.5) is 0 Å². The molecule has 1 heterocycles. The van der Waals surface area contributed by atoms with Gasteiger partial charge in [-0.3, -0.25) is 0 Å². The molecule has 0 fully saturated rings. The molecule has 0 radical (unpaired) electrons. The van der Waals surface area contributed by atoms with Crippen LogP contribution < -0.4 is 5.63 Å². The largest absolute Gasteiger partial charge is 0.422 e. The maximum Gasteiger partial charge on any atom is 0.344 e. The molecular formula is C20H10ClNO2. The van der Waals surface area contributed by atoms with Crippen molar-refractivity contribution in [1.29, 1.82) is 5.26 Å². The lowest BCUT2D eigenvalue weighted by Gasteiger charge is -2.09. The molecule has 0 N–H and O–H groups in total. The normalized spacial score (nSPS) is 10.8. The molecule has 4 aromatic rings. The van der Waals surface area contributed by atoms with E-state index in [1.807, 2.05) is 42.5 Å². The van der Waals surface area contributed by atoms with E-state index < -0.39 is 5.63 Å². The fraction of sp³-hybridized carbons (Fsp3) is 0. The number of para-hydroxylation sites is 1. The van der Waals surface area contributed by atoms with E-state index in [-0.39, 0.29) is 0 Å². The second-order valence-corrected chi connectivity index (χ2v) is 5.83. The van der Waals surface area contributed by atoms with Crippen LogP contribution >= 0.6 is 11.6 Å². The van der Waals surface area contributed by atoms with Crippen molar-refractivity contribution < 1.29 is 4.42 Å². The van der Waals surface area contributed by atoms with Gasteiger partial charge in [-0.15, -0.1) is 0 Å². The predicted molar refractivity (Wildman–Crippen MR) is 95.2 cm³/mol. The summed E-state index contributed by atoms with van der Waals surface area (Å²) in [5.74, 6) is 0. The average Bonchev–Trinajstić information content (AvgIpc) is 2.61. The highest BCUT2D eigenvalue weighted by Crippen LogP contribution is 2.34. The van der Waals surface area contributed by atoms with Gasteiger partial charge in [-0.25, -0.2) is 4.79 Å². The maximum atomic E-state index is 12.3. The summed E-state index contributed by atoms with van der Waals surface area (Å²) in [6, 6.07) is 20.2. The van der Waals surface area contributed by atoms with E-state index in [9.17, 15) is 10.1 Å². The van der Waals surface area contributed by atoms with Crippen molar-refractivity contribution >= 4 is 33.3 Å². The summed E-state index contributed by atoms with van der Waals surface area (Å²) in [6.07, 6.45) is 0. The van der Waals surface area contributed by atoms with Crippen molar-refractivity contribution in [3.8, 4) is 17.2 Å². The summed E-state index contributed by atoms with van der Waals surface area (Å²) >= 11 is 6.30. The number of rotatable bonds is 1. The van der Waals surface area contributed by atoms with E-state index in [1.165, 1.54) is 0 Å². The summed E-state index contributed by atoms with van der Waals surface area (Å²) in [6.45, 7) is 0. The third-order valence-corrected chi connectivity index (χ3v) is 4.37. The lowest BCUT2D eigenvalue weighted by atomic mass is 9.95. The molecule has 3 nitrogen and oxygen atoms in total. The van der Waals surface area contributed by atoms with Crippen molar-refractivity contribution in [2.75, 3.05) is 0 Å². The van der Waals surface area contributed by atoms with Gasteiger partial charge in [-0.05, 0) is 24.3 Å². The Morgan fingerprint density at radius 2 is 1.62 bits per heavy atom. The average molecular weight is 332 g/mol. The third-order valence-electron chi connectivity index (χ3n) is 4.04. The Morgan fingerprint density at radius 1 is 0.875 bits per heavy atom. The van der Waals surface area contributed by atoms with Crippen LogP contribution in [-0.2, 0) is 0 Å². The summed E-state index contributed by atoms with van der Waals surface area (Å²) in [5, 5.41) is 12.0. The molecular weight excluding hydrogens is 322 g/mol. The van der Waals surface area contributed by atoms with Crippen LogP contribution in [0.15, 0.2) is 69.9 Å². The van der Waals surface area contributed by atoms with Crippen molar-refractivity contribution in [1.82, 2.24) is 0 Å². The van der Waals surface area contributed by atoms with Crippen LogP contribution in [0, 0.1) is 11.3 Å². The van der Waals surface area contributed by atoms with Crippen molar-refractivity contribution in [3.63, 3.8) is 0 Å². The Morgan fingerprint density at radius 3 is 2.42 bits per heavy atom. The van der Waals surface area contributed by atoms with Crippen molar-refractivity contribution in [2.24, 2.45) is 0 Å². The number of halogens is 1. The molecule has 0 spiro atoms. The monoisotopic (exact) mass is 331 g/mol. The molecule has 0 saturated heterocycles. The van der Waals surface area contributed by atoms with Crippen LogP contribution in [0.25, 0.3) is 32.9 Å². The van der Waals surface area contributed by atoms with E-state index >= 15 is 0 Å². The van der Waals surface area contributed by atoms with Gasteiger partial charge in [0.05, 0.1) is 17.0 Å². The minimum atomic E-state index is -0.453. The molecule has 0 amide bonds. The van der Waals surface area contributed by atoms with Gasteiger partial charge in [0, 0.05) is 26.9 Å². The van der Waals surface area contributed by atoms with E-state index in [1.54, 1.807) is 18.2 Å². The molecule has 0 saturated carbocycles. The highest BCUT2D eigenvalue weighted by atomic mass is 35.5. The molecule has 0 bridgehead atoms. The number of hydrogen-bond donors (Lipinski definition) is 0. The Balaban J connectivity index is 2.20. The molecule has 114 valence electrons. The zero-order chi connectivity index (χ0) is 16.7. The molecule has 4 rings (SSSR count). The standard InChI is InChI=1S/C20H10ClNO2/c21-18-7-3-1-5-13(18)15-10-16-14-6-2-4-8-19(14)24-20(23)17(16)9-12(15)11-22/h1-10H. The second-order valence-electron chi connectivity index (χ2n) is 5.42. The minimum absolute atomic E-state index is 0.387. The first-order valence-electron chi connectivity index (χ1n) is 7.33. The van der Waals surface area contributed by atoms with Crippen LogP contribution in [-0.4, -0.2) is 0 Å². The lowest BCUT2D eigenvalue weighted by Crippen LogP contribution is -2.01. The van der Waals surface area contributed by atoms with Gasteiger partial charge in [0.2, 0.25) is 0 Å². The van der Waals surface area contributed by atoms with Gasteiger partial charge in [0.15, 0.2) is 0 Å². The second kappa shape index (κ2) is 5.52. The first-order valence-corrected chi connectivity index (χ1v) is 7.71. The van der Waals surface area contributed by atoms with Crippen LogP contribution in [0.3, 0.4) is 0 Å². The maximum absolute atomic E-state index is 12.3. The molecule has 0 atom stereocenters. The van der Waals surface area contributed by atoms with Gasteiger partial charge in [-0.2, -0.15) is 5.26 Å². The number of nitrogens with zero attached hydrogens (tertiary/aromatic N) is 1. The topological polar surface area (TPSA) is 54.0 Å². The first kappa shape index (κ1) is 14.5. The van der Waals surface area contributed by atoms with Crippen LogP contribution in [0.1, 0.15) is 5.56 Å². The highest BCUT2D eigenvalue weighted by molar-refractivity contribution is 6.33. The Labute approximate surface area is 142 Å². The lowest BCUT2D eigenvalue weighted by molar-refractivity contribution is 0.569. The number of fused-ring (bicyclic) bond motifs is 3. The van der Waals surface area contributed by atoms with Gasteiger partial charge in [0.1, 0.15) is 5.58 Å². The highest BCUT2D eigenvalue weighted by Gasteiger charge is 2.14. The predicted octanol–water partition coefficient (Wildman–Crippen LogP) is 5.14.